The Morgan fingerprint density at radius 1 is 1.12 bits per heavy atom. The van der Waals surface area contributed by atoms with E-state index in [-0.39, 0.29) is 0 Å². The third-order valence-corrected chi connectivity index (χ3v) is 2.81. The SMILES string of the molecule is Cc1ccc(CNCc2cc[nH]c2)c(C)c1. The monoisotopic (exact) mass is 214 g/mol. The summed E-state index contributed by atoms with van der Waals surface area (Å²) in [5.41, 5.74) is 5.36. The summed E-state index contributed by atoms with van der Waals surface area (Å²) in [5, 5.41) is 3.44. The average Bonchev–Trinajstić information content (AvgIpc) is 2.74. The average molecular weight is 214 g/mol. The van der Waals surface area contributed by atoms with Crippen molar-refractivity contribution in [3.05, 3.63) is 58.9 Å². The Balaban J connectivity index is 1.90. The minimum Gasteiger partial charge on any atom is -0.367 e. The van der Waals surface area contributed by atoms with Gasteiger partial charge < -0.3 is 10.3 Å². The zero-order valence-electron chi connectivity index (χ0n) is 9.88. The molecule has 0 aliphatic carbocycles. The van der Waals surface area contributed by atoms with Crippen molar-refractivity contribution in [2.24, 2.45) is 0 Å². The van der Waals surface area contributed by atoms with E-state index in [2.05, 4.69) is 48.4 Å². The zero-order chi connectivity index (χ0) is 11.4. The van der Waals surface area contributed by atoms with Crippen LogP contribution in [0.2, 0.25) is 0 Å². The first-order valence-corrected chi connectivity index (χ1v) is 5.64. The van der Waals surface area contributed by atoms with Crippen LogP contribution in [0.15, 0.2) is 36.7 Å². The van der Waals surface area contributed by atoms with Crippen molar-refractivity contribution in [3.8, 4) is 0 Å². The summed E-state index contributed by atoms with van der Waals surface area (Å²) < 4.78 is 0. The Kier molecular flexibility index (Phi) is 3.42. The van der Waals surface area contributed by atoms with Gasteiger partial charge in [0.25, 0.3) is 0 Å². The van der Waals surface area contributed by atoms with Crippen molar-refractivity contribution in [1.82, 2.24) is 10.3 Å². The first-order valence-electron chi connectivity index (χ1n) is 5.64. The lowest BCUT2D eigenvalue weighted by molar-refractivity contribution is 0.691. The summed E-state index contributed by atoms with van der Waals surface area (Å²) in [5.74, 6) is 0. The number of aromatic nitrogens is 1. The summed E-state index contributed by atoms with van der Waals surface area (Å²) in [7, 11) is 0. The van der Waals surface area contributed by atoms with Gasteiger partial charge in [-0.25, -0.2) is 0 Å². The van der Waals surface area contributed by atoms with Crippen LogP contribution in [0.1, 0.15) is 22.3 Å². The molecule has 0 unspecified atom stereocenters. The van der Waals surface area contributed by atoms with Gasteiger partial charge in [-0.15, -0.1) is 0 Å². The van der Waals surface area contributed by atoms with E-state index >= 15 is 0 Å². The highest BCUT2D eigenvalue weighted by molar-refractivity contribution is 5.30. The standard InChI is InChI=1S/C14H18N2/c1-11-3-4-14(12(2)7-11)10-16-9-13-5-6-15-8-13/h3-8,15-16H,9-10H2,1-2H3. The Hall–Kier alpha value is -1.54. The van der Waals surface area contributed by atoms with E-state index in [1.165, 1.54) is 22.3 Å². The molecular weight excluding hydrogens is 196 g/mol. The molecule has 2 rings (SSSR count). The predicted octanol–water partition coefficient (Wildman–Crippen LogP) is 2.92. The first-order chi connectivity index (χ1) is 7.75. The van der Waals surface area contributed by atoms with Gasteiger partial charge in [-0.2, -0.15) is 0 Å². The molecule has 0 spiro atoms. The maximum Gasteiger partial charge on any atom is 0.0223 e. The van der Waals surface area contributed by atoms with E-state index in [0.717, 1.165) is 13.1 Å². The molecule has 1 heterocycles. The Morgan fingerprint density at radius 2 is 2.00 bits per heavy atom. The third kappa shape index (κ3) is 2.74. The molecule has 2 N–H and O–H groups in total. The summed E-state index contributed by atoms with van der Waals surface area (Å²) >= 11 is 0. The van der Waals surface area contributed by atoms with Crippen LogP contribution in [0.25, 0.3) is 0 Å². The molecule has 1 aromatic carbocycles. The van der Waals surface area contributed by atoms with Crippen molar-refractivity contribution in [2.45, 2.75) is 26.9 Å². The highest BCUT2D eigenvalue weighted by Gasteiger charge is 1.98. The number of aryl methyl sites for hydroxylation is 2. The molecule has 0 fully saturated rings. The van der Waals surface area contributed by atoms with Gasteiger partial charge in [-0.1, -0.05) is 23.8 Å². The second-order valence-electron chi connectivity index (χ2n) is 4.25. The molecular formula is C14H18N2. The van der Waals surface area contributed by atoms with Crippen molar-refractivity contribution >= 4 is 0 Å². The van der Waals surface area contributed by atoms with Crippen LogP contribution in [0.4, 0.5) is 0 Å². The molecule has 16 heavy (non-hydrogen) atoms. The van der Waals surface area contributed by atoms with Crippen LogP contribution >= 0.6 is 0 Å². The summed E-state index contributed by atoms with van der Waals surface area (Å²) in [4.78, 5) is 3.06. The third-order valence-electron chi connectivity index (χ3n) is 2.81. The first kappa shape index (κ1) is 11.0. The molecule has 1 aromatic heterocycles. The van der Waals surface area contributed by atoms with Gasteiger partial charge in [0.15, 0.2) is 0 Å². The highest BCUT2D eigenvalue weighted by atomic mass is 14.9. The lowest BCUT2D eigenvalue weighted by Crippen LogP contribution is -2.13. The smallest absolute Gasteiger partial charge is 0.0223 e. The van der Waals surface area contributed by atoms with Crippen molar-refractivity contribution in [2.75, 3.05) is 0 Å². The molecule has 0 saturated carbocycles. The zero-order valence-corrected chi connectivity index (χ0v) is 9.88. The Morgan fingerprint density at radius 3 is 2.69 bits per heavy atom. The maximum absolute atomic E-state index is 3.44. The molecule has 0 aliphatic rings. The van der Waals surface area contributed by atoms with Gasteiger partial charge >= 0.3 is 0 Å². The largest absolute Gasteiger partial charge is 0.367 e. The predicted molar refractivity (Wildman–Crippen MR) is 67.3 cm³/mol. The van der Waals surface area contributed by atoms with Crippen LogP contribution in [0.5, 0.6) is 0 Å². The van der Waals surface area contributed by atoms with Gasteiger partial charge in [0.05, 0.1) is 0 Å². The Labute approximate surface area is 96.7 Å². The van der Waals surface area contributed by atoms with Gasteiger partial charge in [0, 0.05) is 25.5 Å². The topological polar surface area (TPSA) is 27.8 Å². The van der Waals surface area contributed by atoms with E-state index < -0.39 is 0 Å². The van der Waals surface area contributed by atoms with Crippen LogP contribution in [0, 0.1) is 13.8 Å². The summed E-state index contributed by atoms with van der Waals surface area (Å²) in [6.07, 6.45) is 3.98. The fraction of sp³-hybridized carbons (Fsp3) is 0.286. The minimum atomic E-state index is 0.914. The fourth-order valence-electron chi connectivity index (χ4n) is 1.85. The molecule has 0 saturated heterocycles. The highest BCUT2D eigenvalue weighted by Crippen LogP contribution is 2.10. The molecule has 2 heteroatoms. The van der Waals surface area contributed by atoms with E-state index in [0.29, 0.717) is 0 Å². The minimum absolute atomic E-state index is 0.914. The number of nitrogens with one attached hydrogen (secondary N) is 2. The number of hydrogen-bond acceptors (Lipinski definition) is 1. The van der Waals surface area contributed by atoms with Crippen molar-refractivity contribution in [3.63, 3.8) is 0 Å². The molecule has 0 atom stereocenters. The number of H-pyrrole nitrogens is 1. The molecule has 2 nitrogen and oxygen atoms in total. The second kappa shape index (κ2) is 4.99. The fourth-order valence-corrected chi connectivity index (χ4v) is 1.85. The number of benzene rings is 1. The lowest BCUT2D eigenvalue weighted by atomic mass is 10.1. The van der Waals surface area contributed by atoms with Gasteiger partial charge in [0.2, 0.25) is 0 Å². The van der Waals surface area contributed by atoms with E-state index in [9.17, 15) is 0 Å². The van der Waals surface area contributed by atoms with Crippen molar-refractivity contribution in [1.29, 1.82) is 0 Å². The lowest BCUT2D eigenvalue weighted by Gasteiger charge is -2.07. The number of hydrogen-bond donors (Lipinski definition) is 2. The van der Waals surface area contributed by atoms with E-state index in [1.54, 1.807) is 0 Å². The van der Waals surface area contributed by atoms with Crippen LogP contribution < -0.4 is 5.32 Å². The normalized spacial score (nSPS) is 10.6. The Bertz CT molecular complexity index is 444. The summed E-state index contributed by atoms with van der Waals surface area (Å²) in [6.45, 7) is 6.14. The van der Waals surface area contributed by atoms with Gasteiger partial charge in [-0.3, -0.25) is 0 Å². The van der Waals surface area contributed by atoms with Gasteiger partial charge in [0.1, 0.15) is 0 Å². The van der Waals surface area contributed by atoms with E-state index in [4.69, 9.17) is 0 Å². The maximum atomic E-state index is 3.44. The second-order valence-corrected chi connectivity index (χ2v) is 4.25. The van der Waals surface area contributed by atoms with Crippen LogP contribution in [-0.4, -0.2) is 4.98 Å². The molecule has 0 aliphatic heterocycles. The van der Waals surface area contributed by atoms with E-state index in [1.807, 2.05) is 12.4 Å². The molecule has 0 bridgehead atoms. The van der Waals surface area contributed by atoms with Gasteiger partial charge in [-0.05, 0) is 36.6 Å². The summed E-state index contributed by atoms with van der Waals surface area (Å²) in [6, 6.07) is 8.69. The van der Waals surface area contributed by atoms with Crippen LogP contribution in [0.3, 0.4) is 0 Å². The molecule has 84 valence electrons. The molecule has 0 radical (unpaired) electrons. The molecule has 0 amide bonds. The number of rotatable bonds is 4. The molecule has 2 aromatic rings. The van der Waals surface area contributed by atoms with Crippen LogP contribution in [-0.2, 0) is 13.1 Å². The quantitative estimate of drug-likeness (QED) is 0.804. The van der Waals surface area contributed by atoms with Crippen molar-refractivity contribution < 1.29 is 0 Å². The number of aromatic amines is 1.